The van der Waals surface area contributed by atoms with Gasteiger partial charge in [0.15, 0.2) is 5.65 Å². The highest BCUT2D eigenvalue weighted by atomic mass is 35.5. The molecule has 0 N–H and O–H groups in total. The van der Waals surface area contributed by atoms with Crippen molar-refractivity contribution in [1.29, 1.82) is 5.26 Å². The lowest BCUT2D eigenvalue weighted by Gasteiger charge is -2.23. The average Bonchev–Trinajstić information content (AvgIpc) is 3.04. The van der Waals surface area contributed by atoms with Crippen LogP contribution in [0.4, 0.5) is 5.82 Å². The fraction of sp³-hybridized carbons (Fsp3) is 0.350. The standard InChI is InChI=1S/C20H21Cl2N5/c1-3-10-26(11-5-8-23)20-17(4-2)25-19-18(24-9-12-27(19)20)15-7-6-14(21)13-16(15)22/h6-7,9,12-13H,3-5,10-11H2,1-2H3. The molecule has 2 heterocycles. The molecule has 0 saturated heterocycles. The van der Waals surface area contributed by atoms with Crippen molar-refractivity contribution in [2.24, 2.45) is 0 Å². The summed E-state index contributed by atoms with van der Waals surface area (Å²) >= 11 is 12.5. The van der Waals surface area contributed by atoms with Gasteiger partial charge < -0.3 is 4.90 Å². The van der Waals surface area contributed by atoms with Crippen molar-refractivity contribution in [2.75, 3.05) is 18.0 Å². The minimum absolute atomic E-state index is 0.470. The maximum atomic E-state index is 9.03. The largest absolute Gasteiger partial charge is 0.355 e. The number of anilines is 1. The van der Waals surface area contributed by atoms with Gasteiger partial charge in [-0.25, -0.2) is 4.98 Å². The van der Waals surface area contributed by atoms with Crippen LogP contribution in [0.5, 0.6) is 0 Å². The van der Waals surface area contributed by atoms with Gasteiger partial charge in [-0.1, -0.05) is 37.0 Å². The zero-order chi connectivity index (χ0) is 19.4. The molecule has 0 bridgehead atoms. The monoisotopic (exact) mass is 401 g/mol. The lowest BCUT2D eigenvalue weighted by atomic mass is 10.1. The first-order valence-electron chi connectivity index (χ1n) is 9.03. The van der Waals surface area contributed by atoms with Gasteiger partial charge in [0.25, 0.3) is 0 Å². The summed E-state index contributed by atoms with van der Waals surface area (Å²) in [5.74, 6) is 1.03. The van der Waals surface area contributed by atoms with Crippen molar-refractivity contribution in [3.63, 3.8) is 0 Å². The van der Waals surface area contributed by atoms with Crippen molar-refractivity contribution in [1.82, 2.24) is 14.4 Å². The summed E-state index contributed by atoms with van der Waals surface area (Å²) in [4.78, 5) is 11.6. The predicted molar refractivity (Wildman–Crippen MR) is 111 cm³/mol. The Labute approximate surface area is 169 Å². The molecule has 1 aromatic carbocycles. The number of aryl methyl sites for hydroxylation is 1. The first kappa shape index (κ1) is 19.5. The summed E-state index contributed by atoms with van der Waals surface area (Å²) in [5.41, 5.74) is 3.26. The Balaban J connectivity index is 2.20. The molecule has 3 rings (SSSR count). The quantitative estimate of drug-likeness (QED) is 0.531. The van der Waals surface area contributed by atoms with Crippen molar-refractivity contribution in [3.8, 4) is 17.3 Å². The molecule has 0 fully saturated rings. The molecule has 0 atom stereocenters. The van der Waals surface area contributed by atoms with Crippen LogP contribution in [0.1, 0.15) is 32.4 Å². The van der Waals surface area contributed by atoms with E-state index in [4.69, 9.17) is 33.4 Å². The van der Waals surface area contributed by atoms with Crippen molar-refractivity contribution in [2.45, 2.75) is 33.1 Å². The Hall–Kier alpha value is -2.29. The molecule has 140 valence electrons. The van der Waals surface area contributed by atoms with E-state index in [2.05, 4.69) is 34.2 Å². The SMILES string of the molecule is CCCN(CCC#N)c1c(CC)nc2c(-c3ccc(Cl)cc3Cl)nccn12. The van der Waals surface area contributed by atoms with E-state index in [1.165, 1.54) is 0 Å². The Bertz CT molecular complexity index is 990. The van der Waals surface area contributed by atoms with E-state index in [1.54, 1.807) is 18.3 Å². The number of fused-ring (bicyclic) bond motifs is 1. The van der Waals surface area contributed by atoms with Crippen molar-refractivity contribution in [3.05, 3.63) is 46.3 Å². The zero-order valence-electron chi connectivity index (χ0n) is 15.4. The van der Waals surface area contributed by atoms with Gasteiger partial charge in [-0.05, 0) is 31.0 Å². The fourth-order valence-electron chi connectivity index (χ4n) is 3.23. The van der Waals surface area contributed by atoms with Gasteiger partial charge in [0.2, 0.25) is 0 Å². The molecule has 7 heteroatoms. The maximum absolute atomic E-state index is 9.03. The number of halogens is 2. The van der Waals surface area contributed by atoms with Crippen LogP contribution in [0.3, 0.4) is 0 Å². The van der Waals surface area contributed by atoms with E-state index in [0.29, 0.717) is 23.0 Å². The molecule has 0 aliphatic rings. The number of benzene rings is 1. The van der Waals surface area contributed by atoms with Crippen molar-refractivity contribution >= 4 is 34.7 Å². The minimum Gasteiger partial charge on any atom is -0.355 e. The van der Waals surface area contributed by atoms with Crippen LogP contribution >= 0.6 is 23.2 Å². The summed E-state index contributed by atoms with van der Waals surface area (Å²) < 4.78 is 2.05. The third-order valence-electron chi connectivity index (χ3n) is 4.39. The van der Waals surface area contributed by atoms with E-state index >= 15 is 0 Å². The molecule has 0 spiro atoms. The summed E-state index contributed by atoms with van der Waals surface area (Å²) in [6.45, 7) is 5.75. The highest BCUT2D eigenvalue weighted by Gasteiger charge is 2.20. The normalized spacial score (nSPS) is 10.9. The third-order valence-corrected chi connectivity index (χ3v) is 4.94. The van der Waals surface area contributed by atoms with Crippen LogP contribution in [0, 0.1) is 11.3 Å². The molecule has 0 unspecified atom stereocenters. The van der Waals surface area contributed by atoms with Crippen LogP contribution < -0.4 is 4.90 Å². The first-order chi connectivity index (χ1) is 13.1. The predicted octanol–water partition coefficient (Wildman–Crippen LogP) is 5.40. The first-order valence-corrected chi connectivity index (χ1v) is 9.79. The second-order valence-electron chi connectivity index (χ2n) is 6.22. The van der Waals surface area contributed by atoms with E-state index in [1.807, 2.05) is 12.3 Å². The molecule has 27 heavy (non-hydrogen) atoms. The molecule has 2 aromatic heterocycles. The second kappa shape index (κ2) is 8.60. The molecule has 0 amide bonds. The van der Waals surface area contributed by atoms with E-state index in [-0.39, 0.29) is 0 Å². The van der Waals surface area contributed by atoms with Crippen LogP contribution in [0.2, 0.25) is 10.0 Å². The van der Waals surface area contributed by atoms with Crippen LogP contribution in [0.25, 0.3) is 16.9 Å². The van der Waals surface area contributed by atoms with E-state index in [0.717, 1.165) is 47.8 Å². The number of imidazole rings is 1. The molecule has 0 saturated carbocycles. The van der Waals surface area contributed by atoms with Crippen LogP contribution in [-0.4, -0.2) is 27.5 Å². The average molecular weight is 402 g/mol. The zero-order valence-corrected chi connectivity index (χ0v) is 16.9. The van der Waals surface area contributed by atoms with Crippen LogP contribution in [-0.2, 0) is 6.42 Å². The summed E-state index contributed by atoms with van der Waals surface area (Å²) in [7, 11) is 0. The van der Waals surface area contributed by atoms with E-state index < -0.39 is 0 Å². The highest BCUT2D eigenvalue weighted by molar-refractivity contribution is 6.36. The third kappa shape index (κ3) is 3.87. The van der Waals surface area contributed by atoms with Gasteiger partial charge in [-0.2, -0.15) is 5.26 Å². The van der Waals surface area contributed by atoms with Crippen molar-refractivity contribution < 1.29 is 0 Å². The minimum atomic E-state index is 0.470. The summed E-state index contributed by atoms with van der Waals surface area (Å²) in [6.07, 6.45) is 5.92. The summed E-state index contributed by atoms with van der Waals surface area (Å²) in [5, 5.41) is 10.2. The molecule has 5 nitrogen and oxygen atoms in total. The molecule has 0 radical (unpaired) electrons. The van der Waals surface area contributed by atoms with Gasteiger partial charge in [0.1, 0.15) is 11.5 Å². The Morgan fingerprint density at radius 3 is 2.70 bits per heavy atom. The number of nitriles is 1. The van der Waals surface area contributed by atoms with E-state index in [9.17, 15) is 0 Å². The number of nitrogens with zero attached hydrogens (tertiary/aromatic N) is 5. The second-order valence-corrected chi connectivity index (χ2v) is 7.07. The molecule has 0 aliphatic carbocycles. The smallest absolute Gasteiger partial charge is 0.165 e. The highest BCUT2D eigenvalue weighted by Crippen LogP contribution is 2.33. The molecule has 0 aliphatic heterocycles. The molecule has 3 aromatic rings. The lowest BCUT2D eigenvalue weighted by molar-refractivity contribution is 0.746. The van der Waals surface area contributed by atoms with Gasteiger partial charge in [0, 0.05) is 36.1 Å². The molecular formula is C20H21Cl2N5. The Morgan fingerprint density at radius 2 is 2.04 bits per heavy atom. The molecular weight excluding hydrogens is 381 g/mol. The fourth-order valence-corrected chi connectivity index (χ4v) is 3.73. The number of rotatable bonds is 7. The summed E-state index contributed by atoms with van der Waals surface area (Å²) in [6, 6.07) is 7.62. The number of aromatic nitrogens is 3. The van der Waals surface area contributed by atoms with Gasteiger partial charge in [-0.3, -0.25) is 9.38 Å². The Kier molecular flexibility index (Phi) is 6.20. The van der Waals surface area contributed by atoms with Gasteiger partial charge >= 0.3 is 0 Å². The lowest BCUT2D eigenvalue weighted by Crippen LogP contribution is -2.27. The number of hydrogen-bond acceptors (Lipinski definition) is 4. The maximum Gasteiger partial charge on any atom is 0.165 e. The van der Waals surface area contributed by atoms with Crippen LogP contribution in [0.15, 0.2) is 30.6 Å². The topological polar surface area (TPSA) is 57.2 Å². The van der Waals surface area contributed by atoms with Gasteiger partial charge in [-0.15, -0.1) is 0 Å². The number of hydrogen-bond donors (Lipinski definition) is 0. The Morgan fingerprint density at radius 1 is 1.22 bits per heavy atom. The van der Waals surface area contributed by atoms with Gasteiger partial charge in [0.05, 0.1) is 23.2 Å².